The summed E-state index contributed by atoms with van der Waals surface area (Å²) in [5.74, 6) is 1.49. The van der Waals surface area contributed by atoms with Crippen molar-refractivity contribution in [3.05, 3.63) is 47.9 Å². The molecule has 1 aromatic carbocycles. The number of methoxy groups -OCH3 is 1. The molecule has 7 nitrogen and oxygen atoms in total. The number of ether oxygens (including phenoxy) is 2. The molecular weight excluding hydrogens is 450 g/mol. The fourth-order valence-corrected chi connectivity index (χ4v) is 5.46. The van der Waals surface area contributed by atoms with Crippen LogP contribution in [-0.4, -0.2) is 43.3 Å². The summed E-state index contributed by atoms with van der Waals surface area (Å²) in [5, 5.41) is 0.0200. The summed E-state index contributed by atoms with van der Waals surface area (Å²) in [7, 11) is -2.15. The van der Waals surface area contributed by atoms with Crippen LogP contribution in [0.5, 0.6) is 0 Å². The van der Waals surface area contributed by atoms with E-state index < -0.39 is 9.84 Å². The quantitative estimate of drug-likeness (QED) is 0.467. The average Bonchev–Trinajstić information content (AvgIpc) is 3.17. The molecular formula is C26H37N3O4S. The number of hydrogen-bond acceptors (Lipinski definition) is 6. The molecule has 1 unspecified atom stereocenters. The third-order valence-corrected chi connectivity index (χ3v) is 8.01. The summed E-state index contributed by atoms with van der Waals surface area (Å²) in [6.45, 7) is 10.7. The highest BCUT2D eigenvalue weighted by Gasteiger charge is 2.27. The smallest absolute Gasteiger partial charge is 0.223 e. The lowest BCUT2D eigenvalue weighted by Crippen LogP contribution is -2.25. The Bertz CT molecular complexity index is 1220. The third kappa shape index (κ3) is 5.19. The Morgan fingerprint density at radius 3 is 2.47 bits per heavy atom. The molecule has 3 heterocycles. The minimum absolute atomic E-state index is 0. The Balaban J connectivity index is 0.00000324. The molecule has 4 rings (SSSR count). The van der Waals surface area contributed by atoms with Gasteiger partial charge in [-0.15, -0.1) is 0 Å². The number of imidazole rings is 1. The van der Waals surface area contributed by atoms with Gasteiger partial charge in [-0.05, 0) is 55.5 Å². The Morgan fingerprint density at radius 2 is 1.88 bits per heavy atom. The van der Waals surface area contributed by atoms with Crippen LogP contribution in [0, 0.1) is 5.92 Å². The van der Waals surface area contributed by atoms with Crippen LogP contribution in [0.1, 0.15) is 65.5 Å². The van der Waals surface area contributed by atoms with Crippen molar-refractivity contribution in [1.29, 1.82) is 0 Å². The minimum Gasteiger partial charge on any atom is -0.381 e. The molecule has 1 saturated heterocycles. The van der Waals surface area contributed by atoms with Gasteiger partial charge in [-0.25, -0.2) is 18.4 Å². The van der Waals surface area contributed by atoms with Gasteiger partial charge in [0.05, 0.1) is 22.0 Å². The van der Waals surface area contributed by atoms with E-state index in [1.54, 1.807) is 31.5 Å². The van der Waals surface area contributed by atoms with E-state index in [2.05, 4.69) is 30.3 Å². The summed E-state index contributed by atoms with van der Waals surface area (Å²) in [6, 6.07) is 8.50. The fraction of sp³-hybridized carbons (Fsp3) is 0.538. The van der Waals surface area contributed by atoms with E-state index in [4.69, 9.17) is 14.5 Å². The van der Waals surface area contributed by atoms with Crippen molar-refractivity contribution in [2.24, 2.45) is 5.92 Å². The van der Waals surface area contributed by atoms with Crippen molar-refractivity contribution < 1.29 is 17.9 Å². The van der Waals surface area contributed by atoms with Crippen molar-refractivity contribution >= 4 is 20.9 Å². The van der Waals surface area contributed by atoms with Crippen LogP contribution in [-0.2, 0) is 31.3 Å². The zero-order valence-electron chi connectivity index (χ0n) is 20.0. The molecule has 0 N–H and O–H groups in total. The highest BCUT2D eigenvalue weighted by Crippen LogP contribution is 2.31. The first-order valence-electron chi connectivity index (χ1n) is 11.4. The molecule has 0 saturated carbocycles. The Hall–Kier alpha value is -2.29. The number of nitrogens with zero attached hydrogens (tertiary/aromatic N) is 3. The Labute approximate surface area is 203 Å². The van der Waals surface area contributed by atoms with Gasteiger partial charge in [-0.3, -0.25) is 0 Å². The molecule has 0 amide bonds. The molecule has 0 radical (unpaired) electrons. The minimum atomic E-state index is -3.76. The summed E-state index contributed by atoms with van der Waals surface area (Å²) in [4.78, 5) is 9.31. The van der Waals surface area contributed by atoms with Gasteiger partial charge in [0.25, 0.3) is 0 Å². The van der Waals surface area contributed by atoms with E-state index in [0.717, 1.165) is 49.5 Å². The monoisotopic (exact) mass is 487 g/mol. The van der Waals surface area contributed by atoms with Crippen LogP contribution >= 0.6 is 0 Å². The normalized spacial score (nSPS) is 16.4. The molecule has 1 atom stereocenters. The summed E-state index contributed by atoms with van der Waals surface area (Å²) in [6.07, 6.45) is 3.46. The summed E-state index contributed by atoms with van der Waals surface area (Å²) in [5.41, 5.74) is 2.31. The highest BCUT2D eigenvalue weighted by atomic mass is 32.2. The van der Waals surface area contributed by atoms with Crippen LogP contribution in [0.25, 0.3) is 11.0 Å². The van der Waals surface area contributed by atoms with Gasteiger partial charge in [-0.1, -0.05) is 34.3 Å². The predicted molar refractivity (Wildman–Crippen MR) is 134 cm³/mol. The van der Waals surface area contributed by atoms with E-state index in [-0.39, 0.29) is 28.9 Å². The molecule has 0 aliphatic carbocycles. The number of benzene rings is 1. The van der Waals surface area contributed by atoms with Crippen molar-refractivity contribution in [2.75, 3.05) is 20.3 Å². The maximum Gasteiger partial charge on any atom is 0.223 e. The molecule has 34 heavy (non-hydrogen) atoms. The first kappa shape index (κ1) is 26.3. The lowest BCUT2D eigenvalue weighted by molar-refractivity contribution is 0.0611. The van der Waals surface area contributed by atoms with Gasteiger partial charge >= 0.3 is 0 Å². The van der Waals surface area contributed by atoms with Gasteiger partial charge in [0.1, 0.15) is 5.82 Å². The van der Waals surface area contributed by atoms with Crippen LogP contribution < -0.4 is 0 Å². The van der Waals surface area contributed by atoms with Crippen LogP contribution in [0.2, 0.25) is 0 Å². The second-order valence-electron chi connectivity index (χ2n) is 9.81. The van der Waals surface area contributed by atoms with E-state index in [1.807, 2.05) is 13.0 Å². The maximum atomic E-state index is 13.3. The molecule has 8 heteroatoms. The van der Waals surface area contributed by atoms with Gasteiger partial charge in [0, 0.05) is 38.5 Å². The van der Waals surface area contributed by atoms with Crippen molar-refractivity contribution in [2.45, 2.75) is 75.9 Å². The largest absolute Gasteiger partial charge is 0.381 e. The van der Waals surface area contributed by atoms with E-state index in [0.29, 0.717) is 11.4 Å². The van der Waals surface area contributed by atoms with E-state index >= 15 is 0 Å². The Morgan fingerprint density at radius 1 is 1.18 bits per heavy atom. The molecule has 186 valence electrons. The number of fused-ring (bicyclic) bond motifs is 1. The molecule has 0 bridgehead atoms. The Kier molecular flexibility index (Phi) is 7.85. The number of sulfone groups is 1. The number of aromatic nitrogens is 3. The van der Waals surface area contributed by atoms with Gasteiger partial charge in [-0.2, -0.15) is 0 Å². The first-order chi connectivity index (χ1) is 15.6. The van der Waals surface area contributed by atoms with Crippen LogP contribution in [0.3, 0.4) is 0 Å². The van der Waals surface area contributed by atoms with Crippen LogP contribution in [0.4, 0.5) is 0 Å². The fourth-order valence-electron chi connectivity index (χ4n) is 4.27. The number of rotatable bonds is 6. The van der Waals surface area contributed by atoms with Crippen molar-refractivity contribution in [3.8, 4) is 0 Å². The average molecular weight is 488 g/mol. The highest BCUT2D eigenvalue weighted by molar-refractivity contribution is 7.91. The number of hydrogen-bond donors (Lipinski definition) is 0. The zero-order chi connectivity index (χ0) is 23.8. The topological polar surface area (TPSA) is 83.3 Å². The lowest BCUT2D eigenvalue weighted by Gasteiger charge is -2.26. The van der Waals surface area contributed by atoms with Gasteiger partial charge in [0.15, 0.2) is 5.03 Å². The van der Waals surface area contributed by atoms with Gasteiger partial charge < -0.3 is 14.0 Å². The zero-order valence-corrected chi connectivity index (χ0v) is 20.9. The maximum absolute atomic E-state index is 13.3. The molecule has 3 aromatic rings. The molecule has 1 aliphatic heterocycles. The van der Waals surface area contributed by atoms with Crippen molar-refractivity contribution in [1.82, 2.24) is 14.5 Å². The lowest BCUT2D eigenvalue weighted by atomic mass is 9.94. The predicted octanol–water partition coefficient (Wildman–Crippen LogP) is 5.33. The second kappa shape index (κ2) is 10.1. The first-order valence-corrected chi connectivity index (χ1v) is 12.9. The standard InChI is InChI=1S/C25H33N3O4S.CH4/c1-17(31-5)19-6-9-23(26-15-19)33(29,30)20-7-8-22-21(14-20)27-24(25(2,3)4)28(22)16-18-10-12-32-13-11-18;/h6-9,14-15,17-18H,10-13,16H2,1-5H3;1H4. The summed E-state index contributed by atoms with van der Waals surface area (Å²) >= 11 is 0. The second-order valence-corrected chi connectivity index (χ2v) is 11.7. The SMILES string of the molecule is C.COC(C)c1ccc(S(=O)(=O)c2ccc3c(c2)nc(C(C)(C)C)n3CC2CCOCC2)nc1. The van der Waals surface area contributed by atoms with Crippen LogP contribution in [0.15, 0.2) is 46.5 Å². The van der Waals surface area contributed by atoms with E-state index in [1.165, 1.54) is 6.07 Å². The molecule has 0 spiro atoms. The van der Waals surface area contributed by atoms with E-state index in [9.17, 15) is 8.42 Å². The third-order valence-electron chi connectivity index (χ3n) is 6.34. The molecule has 1 fully saturated rings. The molecule has 2 aromatic heterocycles. The number of pyridine rings is 1. The van der Waals surface area contributed by atoms with Crippen molar-refractivity contribution in [3.63, 3.8) is 0 Å². The summed E-state index contributed by atoms with van der Waals surface area (Å²) < 4.78 is 39.7. The van der Waals surface area contributed by atoms with Gasteiger partial charge in [0.2, 0.25) is 9.84 Å². The molecule has 1 aliphatic rings.